The summed E-state index contributed by atoms with van der Waals surface area (Å²) < 4.78 is 5.15. The molecule has 0 spiro atoms. The van der Waals surface area contributed by atoms with Crippen molar-refractivity contribution in [2.45, 2.75) is 20.0 Å². The number of halogens is 3. The molecule has 2 rings (SSSR count). The van der Waals surface area contributed by atoms with Gasteiger partial charge in [-0.3, -0.25) is 4.79 Å². The average molecular weight is 387 g/mol. The molecule has 7 heteroatoms. The van der Waals surface area contributed by atoms with E-state index >= 15 is 0 Å². The van der Waals surface area contributed by atoms with Crippen molar-refractivity contribution in [2.75, 3.05) is 5.32 Å². The van der Waals surface area contributed by atoms with Crippen LogP contribution in [0.2, 0.25) is 15.1 Å². The van der Waals surface area contributed by atoms with Gasteiger partial charge in [-0.15, -0.1) is 0 Å². The minimum atomic E-state index is -0.995. The number of ether oxygens (including phenoxy) is 1. The first-order valence-electron chi connectivity index (χ1n) is 7.01. The molecular weight excluding hydrogens is 373 g/mol. The maximum absolute atomic E-state index is 12.2. The summed E-state index contributed by atoms with van der Waals surface area (Å²) in [6.07, 6.45) is -0.995. The molecule has 0 aromatic heterocycles. The first-order chi connectivity index (χ1) is 11.3. The Bertz CT molecular complexity index is 793. The summed E-state index contributed by atoms with van der Waals surface area (Å²) in [7, 11) is 0. The number of esters is 1. The highest BCUT2D eigenvalue weighted by molar-refractivity contribution is 6.42. The third-order valence-corrected chi connectivity index (χ3v) is 4.24. The molecule has 0 unspecified atom stereocenters. The average Bonchev–Trinajstić information content (AvgIpc) is 2.53. The lowest BCUT2D eigenvalue weighted by Crippen LogP contribution is -2.30. The van der Waals surface area contributed by atoms with Gasteiger partial charge in [-0.1, -0.05) is 40.9 Å². The Morgan fingerprint density at radius 3 is 2.42 bits per heavy atom. The van der Waals surface area contributed by atoms with E-state index in [1.807, 2.05) is 6.92 Å². The van der Waals surface area contributed by atoms with Crippen LogP contribution in [0.4, 0.5) is 5.69 Å². The number of hydrogen-bond acceptors (Lipinski definition) is 3. The van der Waals surface area contributed by atoms with Gasteiger partial charge in [0.1, 0.15) is 0 Å². The van der Waals surface area contributed by atoms with Crippen LogP contribution in [0, 0.1) is 6.92 Å². The van der Waals surface area contributed by atoms with Gasteiger partial charge in [-0.2, -0.15) is 0 Å². The van der Waals surface area contributed by atoms with E-state index < -0.39 is 18.0 Å². The summed E-state index contributed by atoms with van der Waals surface area (Å²) in [5, 5.41) is 3.74. The van der Waals surface area contributed by atoms with Crippen LogP contribution in [0.15, 0.2) is 36.4 Å². The second-order valence-corrected chi connectivity index (χ2v) is 6.38. The van der Waals surface area contributed by atoms with Crippen LogP contribution >= 0.6 is 34.8 Å². The fourth-order valence-corrected chi connectivity index (χ4v) is 2.34. The third-order valence-electron chi connectivity index (χ3n) is 3.27. The van der Waals surface area contributed by atoms with Gasteiger partial charge in [0.25, 0.3) is 5.91 Å². The number of nitrogens with one attached hydrogen (secondary N) is 1. The lowest BCUT2D eigenvalue weighted by molar-refractivity contribution is -0.123. The minimum Gasteiger partial charge on any atom is -0.449 e. The molecule has 0 saturated heterocycles. The van der Waals surface area contributed by atoms with E-state index in [0.717, 1.165) is 5.56 Å². The molecule has 0 aliphatic rings. The summed E-state index contributed by atoms with van der Waals surface area (Å²) in [6, 6.07) is 9.48. The number of amides is 1. The second kappa shape index (κ2) is 7.88. The Balaban J connectivity index is 2.04. The highest BCUT2D eigenvalue weighted by Gasteiger charge is 2.20. The Hall–Kier alpha value is -1.75. The van der Waals surface area contributed by atoms with Gasteiger partial charge < -0.3 is 10.1 Å². The zero-order chi connectivity index (χ0) is 17.9. The summed E-state index contributed by atoms with van der Waals surface area (Å²) in [6.45, 7) is 3.31. The molecule has 1 amide bonds. The van der Waals surface area contributed by atoms with Crippen molar-refractivity contribution in [2.24, 2.45) is 0 Å². The molecule has 0 aliphatic heterocycles. The van der Waals surface area contributed by atoms with Crippen LogP contribution in [0.1, 0.15) is 22.8 Å². The van der Waals surface area contributed by atoms with Crippen LogP contribution in [-0.2, 0) is 9.53 Å². The van der Waals surface area contributed by atoms with Crippen molar-refractivity contribution in [1.82, 2.24) is 0 Å². The number of benzene rings is 2. The summed E-state index contributed by atoms with van der Waals surface area (Å²) in [4.78, 5) is 24.3. The van der Waals surface area contributed by atoms with Gasteiger partial charge in [0.15, 0.2) is 6.10 Å². The lowest BCUT2D eigenvalue weighted by atomic mass is 10.2. The molecule has 0 saturated carbocycles. The second-order valence-electron chi connectivity index (χ2n) is 5.12. The quantitative estimate of drug-likeness (QED) is 0.740. The molecule has 2 aromatic rings. The Kier molecular flexibility index (Phi) is 6.10. The molecule has 0 bridgehead atoms. The topological polar surface area (TPSA) is 55.4 Å². The van der Waals surface area contributed by atoms with Crippen LogP contribution in [0.25, 0.3) is 0 Å². The lowest BCUT2D eigenvalue weighted by Gasteiger charge is -2.15. The van der Waals surface area contributed by atoms with Gasteiger partial charge >= 0.3 is 5.97 Å². The third kappa shape index (κ3) is 4.63. The van der Waals surface area contributed by atoms with Crippen molar-refractivity contribution >= 4 is 52.4 Å². The molecule has 126 valence electrons. The number of rotatable bonds is 4. The molecule has 0 aliphatic carbocycles. The van der Waals surface area contributed by atoms with E-state index in [1.165, 1.54) is 25.1 Å². The maximum Gasteiger partial charge on any atom is 0.338 e. The van der Waals surface area contributed by atoms with E-state index in [-0.39, 0.29) is 10.6 Å². The Labute approximate surface area is 154 Å². The first kappa shape index (κ1) is 18.6. The van der Waals surface area contributed by atoms with Crippen molar-refractivity contribution < 1.29 is 14.3 Å². The van der Waals surface area contributed by atoms with Gasteiger partial charge in [-0.25, -0.2) is 4.79 Å². The molecule has 0 fully saturated rings. The van der Waals surface area contributed by atoms with Crippen LogP contribution in [0.5, 0.6) is 0 Å². The maximum atomic E-state index is 12.2. The van der Waals surface area contributed by atoms with E-state index in [2.05, 4.69) is 5.32 Å². The number of hydrogen-bond donors (Lipinski definition) is 1. The zero-order valence-electron chi connectivity index (χ0n) is 12.9. The number of carbonyl (C=O) groups is 2. The van der Waals surface area contributed by atoms with Crippen LogP contribution in [-0.4, -0.2) is 18.0 Å². The Morgan fingerprint density at radius 2 is 1.75 bits per heavy atom. The summed E-state index contributed by atoms with van der Waals surface area (Å²) >= 11 is 17.6. The van der Waals surface area contributed by atoms with Gasteiger partial charge in [0, 0.05) is 10.7 Å². The number of carbonyl (C=O) groups excluding carboxylic acids is 2. The predicted octanol–water partition coefficient (Wildman–Crippen LogP) is 5.14. The SMILES string of the molecule is Cc1ccc(Cl)cc1NC(=O)[C@H](C)OC(=O)c1ccc(Cl)c(Cl)c1. The zero-order valence-corrected chi connectivity index (χ0v) is 15.2. The van der Waals surface area contributed by atoms with Gasteiger partial charge in [-0.05, 0) is 49.7 Å². The number of aryl methyl sites for hydroxylation is 1. The fourth-order valence-electron chi connectivity index (χ4n) is 1.87. The smallest absolute Gasteiger partial charge is 0.338 e. The monoisotopic (exact) mass is 385 g/mol. The van der Waals surface area contributed by atoms with Crippen LogP contribution < -0.4 is 5.32 Å². The van der Waals surface area contributed by atoms with Crippen molar-refractivity contribution in [1.29, 1.82) is 0 Å². The van der Waals surface area contributed by atoms with Crippen molar-refractivity contribution in [3.63, 3.8) is 0 Å². The van der Waals surface area contributed by atoms with Crippen molar-refractivity contribution in [3.05, 3.63) is 62.6 Å². The molecule has 24 heavy (non-hydrogen) atoms. The summed E-state index contributed by atoms with van der Waals surface area (Å²) in [5.41, 5.74) is 1.61. The first-order valence-corrected chi connectivity index (χ1v) is 8.14. The van der Waals surface area contributed by atoms with E-state index in [0.29, 0.717) is 15.7 Å². The van der Waals surface area contributed by atoms with E-state index in [4.69, 9.17) is 39.5 Å². The van der Waals surface area contributed by atoms with Crippen LogP contribution in [0.3, 0.4) is 0 Å². The fraction of sp³-hybridized carbons (Fsp3) is 0.176. The van der Waals surface area contributed by atoms with Crippen molar-refractivity contribution in [3.8, 4) is 0 Å². The Morgan fingerprint density at radius 1 is 1.04 bits per heavy atom. The van der Waals surface area contributed by atoms with E-state index in [1.54, 1.807) is 18.2 Å². The standard InChI is InChI=1S/C17H14Cl3NO3/c1-9-3-5-12(18)8-15(9)21-16(22)10(2)24-17(23)11-4-6-13(19)14(20)7-11/h3-8,10H,1-2H3,(H,21,22)/t10-/m0/s1. The largest absolute Gasteiger partial charge is 0.449 e. The van der Waals surface area contributed by atoms with Gasteiger partial charge in [0.05, 0.1) is 15.6 Å². The normalized spacial score (nSPS) is 11.7. The predicted molar refractivity (Wildman–Crippen MR) is 96.2 cm³/mol. The molecule has 1 N–H and O–H groups in total. The number of anilines is 1. The molecular formula is C17H14Cl3NO3. The summed E-state index contributed by atoms with van der Waals surface area (Å²) in [5.74, 6) is -1.13. The highest BCUT2D eigenvalue weighted by Crippen LogP contribution is 2.23. The molecule has 0 heterocycles. The van der Waals surface area contributed by atoms with Gasteiger partial charge in [0.2, 0.25) is 0 Å². The van der Waals surface area contributed by atoms with E-state index in [9.17, 15) is 9.59 Å². The molecule has 4 nitrogen and oxygen atoms in total. The molecule has 2 aromatic carbocycles. The minimum absolute atomic E-state index is 0.211. The highest BCUT2D eigenvalue weighted by atomic mass is 35.5. The molecule has 0 radical (unpaired) electrons. The molecule has 1 atom stereocenters.